The summed E-state index contributed by atoms with van der Waals surface area (Å²) in [5, 5.41) is 8.71. The molecule has 1 saturated carbocycles. The Hall–Kier alpha value is -0.370. The van der Waals surface area contributed by atoms with Gasteiger partial charge >= 0.3 is 0 Å². The van der Waals surface area contributed by atoms with Gasteiger partial charge in [0.15, 0.2) is 0 Å². The lowest BCUT2D eigenvalue weighted by molar-refractivity contribution is -0.112. The average Bonchev–Trinajstić information content (AvgIpc) is 2.33. The van der Waals surface area contributed by atoms with E-state index in [0.29, 0.717) is 0 Å². The zero-order valence-electron chi connectivity index (χ0n) is 5.42. The molecular weight excluding hydrogens is 116 g/mol. The van der Waals surface area contributed by atoms with Crippen molar-refractivity contribution < 1.29 is 9.90 Å². The van der Waals surface area contributed by atoms with Crippen molar-refractivity contribution in [3.8, 4) is 0 Å². The van der Waals surface area contributed by atoms with Crippen molar-refractivity contribution in [3.63, 3.8) is 0 Å². The molecule has 1 fully saturated rings. The molecule has 0 aromatic carbocycles. The van der Waals surface area contributed by atoms with E-state index in [1.165, 1.54) is 0 Å². The summed E-state index contributed by atoms with van der Waals surface area (Å²) in [5.41, 5.74) is 0. The van der Waals surface area contributed by atoms with Gasteiger partial charge in [-0.1, -0.05) is 6.42 Å². The topological polar surface area (TPSA) is 37.3 Å². The van der Waals surface area contributed by atoms with Crippen LogP contribution in [0, 0.1) is 11.8 Å². The van der Waals surface area contributed by atoms with Crippen molar-refractivity contribution in [2.75, 3.05) is 6.61 Å². The fraction of sp³-hybridized carbons (Fsp3) is 0.857. The third-order valence-corrected chi connectivity index (χ3v) is 2.13. The van der Waals surface area contributed by atoms with Gasteiger partial charge in [-0.2, -0.15) is 0 Å². The van der Waals surface area contributed by atoms with Gasteiger partial charge in [-0.3, -0.25) is 0 Å². The maximum absolute atomic E-state index is 10.3. The van der Waals surface area contributed by atoms with E-state index in [1.807, 2.05) is 0 Å². The molecule has 1 aliphatic rings. The van der Waals surface area contributed by atoms with E-state index in [-0.39, 0.29) is 18.4 Å². The first-order chi connectivity index (χ1) is 4.38. The molecule has 1 aliphatic carbocycles. The molecule has 0 amide bonds. The second kappa shape index (κ2) is 2.97. The van der Waals surface area contributed by atoms with Gasteiger partial charge in [-0.15, -0.1) is 0 Å². The van der Waals surface area contributed by atoms with Gasteiger partial charge in [0.1, 0.15) is 6.29 Å². The summed E-state index contributed by atoms with van der Waals surface area (Å²) in [6.45, 7) is 0.184. The lowest BCUT2D eigenvalue weighted by atomic mass is 9.99. The molecule has 2 heteroatoms. The second-order valence-electron chi connectivity index (χ2n) is 2.67. The van der Waals surface area contributed by atoms with Gasteiger partial charge in [0, 0.05) is 12.5 Å². The van der Waals surface area contributed by atoms with Gasteiger partial charge in [-0.25, -0.2) is 0 Å². The predicted octanol–water partition coefficient (Wildman–Crippen LogP) is 0.594. The monoisotopic (exact) mass is 128 g/mol. The minimum absolute atomic E-state index is 0.148. The van der Waals surface area contributed by atoms with Crippen LogP contribution in [0.5, 0.6) is 0 Å². The third-order valence-electron chi connectivity index (χ3n) is 2.13. The van der Waals surface area contributed by atoms with Crippen molar-refractivity contribution in [1.29, 1.82) is 0 Å². The first-order valence-corrected chi connectivity index (χ1v) is 3.44. The Labute approximate surface area is 54.9 Å². The zero-order chi connectivity index (χ0) is 6.69. The summed E-state index contributed by atoms with van der Waals surface area (Å²) >= 11 is 0. The second-order valence-corrected chi connectivity index (χ2v) is 2.67. The molecule has 52 valence electrons. The average molecular weight is 128 g/mol. The first-order valence-electron chi connectivity index (χ1n) is 3.44. The Morgan fingerprint density at radius 3 is 2.78 bits per heavy atom. The Morgan fingerprint density at radius 1 is 1.56 bits per heavy atom. The first kappa shape index (κ1) is 6.75. The number of aliphatic hydroxyl groups is 1. The largest absolute Gasteiger partial charge is 0.396 e. The number of carbonyl (C=O) groups is 1. The maximum Gasteiger partial charge on any atom is 0.123 e. The SMILES string of the molecule is O=CC1CCCC1CO. The van der Waals surface area contributed by atoms with E-state index in [2.05, 4.69) is 0 Å². The molecule has 0 heterocycles. The van der Waals surface area contributed by atoms with E-state index < -0.39 is 0 Å². The number of hydrogen-bond acceptors (Lipinski definition) is 2. The number of aldehydes is 1. The van der Waals surface area contributed by atoms with Gasteiger partial charge in [0.05, 0.1) is 0 Å². The molecule has 2 unspecified atom stereocenters. The molecule has 2 atom stereocenters. The highest BCUT2D eigenvalue weighted by molar-refractivity contribution is 5.54. The standard InChI is InChI=1S/C7H12O2/c8-4-6-2-1-3-7(6)5-9/h4,6-7,9H,1-3,5H2. The lowest BCUT2D eigenvalue weighted by Gasteiger charge is -2.08. The highest BCUT2D eigenvalue weighted by atomic mass is 16.3. The van der Waals surface area contributed by atoms with Crippen molar-refractivity contribution >= 4 is 6.29 Å². The van der Waals surface area contributed by atoms with E-state index in [0.717, 1.165) is 25.5 Å². The van der Waals surface area contributed by atoms with Crippen LogP contribution in [0.15, 0.2) is 0 Å². The fourth-order valence-corrected chi connectivity index (χ4v) is 1.47. The van der Waals surface area contributed by atoms with Crippen LogP contribution >= 0.6 is 0 Å². The van der Waals surface area contributed by atoms with Gasteiger partial charge in [-0.05, 0) is 18.8 Å². The highest BCUT2D eigenvalue weighted by Crippen LogP contribution is 2.29. The van der Waals surface area contributed by atoms with E-state index in [9.17, 15) is 4.79 Å². The minimum atomic E-state index is 0.148. The molecule has 0 radical (unpaired) electrons. The van der Waals surface area contributed by atoms with Crippen LogP contribution < -0.4 is 0 Å². The Morgan fingerprint density at radius 2 is 2.33 bits per heavy atom. The summed E-state index contributed by atoms with van der Waals surface area (Å²) in [5.74, 6) is 0.414. The molecule has 0 aromatic rings. The Balaban J connectivity index is 2.41. The molecule has 0 aromatic heterocycles. The van der Waals surface area contributed by atoms with Gasteiger partial charge < -0.3 is 9.90 Å². The molecule has 0 spiro atoms. The van der Waals surface area contributed by atoms with Crippen molar-refractivity contribution in [2.45, 2.75) is 19.3 Å². The lowest BCUT2D eigenvalue weighted by Crippen LogP contribution is -2.12. The van der Waals surface area contributed by atoms with Gasteiger partial charge in [0.25, 0.3) is 0 Å². The third kappa shape index (κ3) is 1.30. The van der Waals surface area contributed by atoms with Crippen molar-refractivity contribution in [3.05, 3.63) is 0 Å². The Bertz CT molecular complexity index is 101. The quantitative estimate of drug-likeness (QED) is 0.553. The van der Waals surface area contributed by atoms with Gasteiger partial charge in [0.2, 0.25) is 0 Å². The molecule has 0 bridgehead atoms. The summed E-state index contributed by atoms with van der Waals surface area (Å²) < 4.78 is 0. The van der Waals surface area contributed by atoms with Crippen molar-refractivity contribution in [2.24, 2.45) is 11.8 Å². The van der Waals surface area contributed by atoms with E-state index in [1.54, 1.807) is 0 Å². The molecule has 1 N–H and O–H groups in total. The van der Waals surface area contributed by atoms with Crippen LogP contribution in [0.3, 0.4) is 0 Å². The Kier molecular flexibility index (Phi) is 2.22. The van der Waals surface area contributed by atoms with E-state index >= 15 is 0 Å². The van der Waals surface area contributed by atoms with Crippen LogP contribution in [-0.2, 0) is 4.79 Å². The van der Waals surface area contributed by atoms with Crippen LogP contribution in [-0.4, -0.2) is 18.0 Å². The minimum Gasteiger partial charge on any atom is -0.396 e. The normalized spacial score (nSPS) is 34.8. The maximum atomic E-state index is 10.3. The van der Waals surface area contributed by atoms with Crippen LogP contribution in [0.2, 0.25) is 0 Å². The highest BCUT2D eigenvalue weighted by Gasteiger charge is 2.25. The molecule has 0 saturated heterocycles. The van der Waals surface area contributed by atoms with Crippen LogP contribution in [0.1, 0.15) is 19.3 Å². The molecular formula is C7H12O2. The van der Waals surface area contributed by atoms with Crippen molar-refractivity contribution in [1.82, 2.24) is 0 Å². The fourth-order valence-electron chi connectivity index (χ4n) is 1.47. The summed E-state index contributed by atoms with van der Waals surface area (Å²) in [6.07, 6.45) is 4.09. The van der Waals surface area contributed by atoms with Crippen LogP contribution in [0.25, 0.3) is 0 Å². The number of hydrogen-bond donors (Lipinski definition) is 1. The molecule has 2 nitrogen and oxygen atoms in total. The number of carbonyl (C=O) groups excluding carboxylic acids is 1. The summed E-state index contributed by atoms with van der Waals surface area (Å²) in [6, 6.07) is 0. The number of aliphatic hydroxyl groups excluding tert-OH is 1. The summed E-state index contributed by atoms with van der Waals surface area (Å²) in [4.78, 5) is 10.3. The van der Waals surface area contributed by atoms with Crippen LogP contribution in [0.4, 0.5) is 0 Å². The molecule has 1 rings (SSSR count). The smallest absolute Gasteiger partial charge is 0.123 e. The number of rotatable bonds is 2. The molecule has 9 heavy (non-hydrogen) atoms. The van der Waals surface area contributed by atoms with E-state index in [4.69, 9.17) is 5.11 Å². The summed E-state index contributed by atoms with van der Waals surface area (Å²) in [7, 11) is 0. The predicted molar refractivity (Wildman–Crippen MR) is 34.0 cm³/mol. The zero-order valence-corrected chi connectivity index (χ0v) is 5.42. The molecule has 0 aliphatic heterocycles.